The van der Waals surface area contributed by atoms with Crippen LogP contribution in [0.1, 0.15) is 10.4 Å². The molecular weight excluding hydrogens is 288 g/mol. The van der Waals surface area contributed by atoms with Gasteiger partial charge in [0, 0.05) is 32.8 Å². The number of methoxy groups -OCH3 is 2. The maximum atomic E-state index is 11.8. The van der Waals surface area contributed by atoms with Crippen LogP contribution in [0.2, 0.25) is 0 Å². The fourth-order valence-electron chi connectivity index (χ4n) is 1.33. The van der Waals surface area contributed by atoms with Crippen molar-refractivity contribution in [3.63, 3.8) is 0 Å². The number of rotatable bonds is 9. The van der Waals surface area contributed by atoms with E-state index in [-0.39, 0.29) is 17.2 Å². The summed E-state index contributed by atoms with van der Waals surface area (Å²) >= 11 is 0. The molecule has 0 aliphatic heterocycles. The average Bonchev–Trinajstić information content (AvgIpc) is 2.92. The molecule has 8 nitrogen and oxygen atoms in total. The molecule has 114 valence electrons. The van der Waals surface area contributed by atoms with Crippen molar-refractivity contribution in [2.24, 2.45) is 0 Å². The Balaban J connectivity index is 2.48. The zero-order valence-corrected chi connectivity index (χ0v) is 12.2. The van der Waals surface area contributed by atoms with Crippen LogP contribution in [0.3, 0.4) is 0 Å². The minimum atomic E-state index is -3.77. The van der Waals surface area contributed by atoms with Crippen LogP contribution in [-0.4, -0.2) is 54.8 Å². The smallest absolute Gasteiger partial charge is 0.341 e. The van der Waals surface area contributed by atoms with Crippen LogP contribution in [0.15, 0.2) is 21.8 Å². The average molecular weight is 306 g/mol. The summed E-state index contributed by atoms with van der Waals surface area (Å²) in [5.41, 5.74) is 0.0473. The van der Waals surface area contributed by atoms with E-state index in [4.69, 9.17) is 9.15 Å². The molecule has 0 radical (unpaired) electrons. The van der Waals surface area contributed by atoms with Gasteiger partial charge in [0.05, 0.1) is 19.3 Å². The van der Waals surface area contributed by atoms with Crippen molar-refractivity contribution in [3.8, 4) is 0 Å². The quantitative estimate of drug-likeness (QED) is 0.471. The van der Waals surface area contributed by atoms with Gasteiger partial charge in [-0.15, -0.1) is 0 Å². The molecule has 0 spiro atoms. The Morgan fingerprint density at radius 1 is 1.30 bits per heavy atom. The van der Waals surface area contributed by atoms with Crippen molar-refractivity contribution >= 4 is 16.0 Å². The third-order valence-electron chi connectivity index (χ3n) is 2.34. The number of hydrogen-bond donors (Lipinski definition) is 2. The summed E-state index contributed by atoms with van der Waals surface area (Å²) in [6, 6.07) is 1.12. The highest BCUT2D eigenvalue weighted by Gasteiger charge is 2.20. The largest absolute Gasteiger partial charge is 0.465 e. The predicted molar refractivity (Wildman–Crippen MR) is 70.0 cm³/mol. The van der Waals surface area contributed by atoms with Crippen molar-refractivity contribution in [2.75, 3.05) is 40.5 Å². The van der Waals surface area contributed by atoms with Gasteiger partial charge >= 0.3 is 5.97 Å². The highest BCUT2D eigenvalue weighted by atomic mass is 32.2. The summed E-state index contributed by atoms with van der Waals surface area (Å²) in [6.45, 7) is 1.83. The first-order valence-corrected chi connectivity index (χ1v) is 7.35. The van der Waals surface area contributed by atoms with Crippen molar-refractivity contribution in [1.82, 2.24) is 10.0 Å². The zero-order chi connectivity index (χ0) is 15.0. The van der Waals surface area contributed by atoms with E-state index < -0.39 is 16.0 Å². The second kappa shape index (κ2) is 8.00. The van der Waals surface area contributed by atoms with Crippen molar-refractivity contribution in [3.05, 3.63) is 17.9 Å². The van der Waals surface area contributed by atoms with Gasteiger partial charge in [0.1, 0.15) is 6.26 Å². The van der Waals surface area contributed by atoms with E-state index in [0.29, 0.717) is 19.7 Å². The Kier molecular flexibility index (Phi) is 6.65. The molecule has 2 N–H and O–H groups in total. The van der Waals surface area contributed by atoms with Gasteiger partial charge in [-0.25, -0.2) is 17.9 Å². The van der Waals surface area contributed by atoms with E-state index in [9.17, 15) is 13.2 Å². The Morgan fingerprint density at radius 3 is 2.70 bits per heavy atom. The zero-order valence-electron chi connectivity index (χ0n) is 11.3. The molecule has 1 heterocycles. The van der Waals surface area contributed by atoms with Crippen molar-refractivity contribution < 1.29 is 27.1 Å². The number of sulfonamides is 1. The molecule has 0 aliphatic rings. The Bertz CT molecular complexity index is 525. The molecule has 0 bridgehead atoms. The molecule has 0 atom stereocenters. The summed E-state index contributed by atoms with van der Waals surface area (Å²) in [7, 11) is -0.984. The van der Waals surface area contributed by atoms with Gasteiger partial charge < -0.3 is 19.2 Å². The monoisotopic (exact) mass is 306 g/mol. The first-order valence-electron chi connectivity index (χ1n) is 5.87. The maximum Gasteiger partial charge on any atom is 0.341 e. The Hall–Kier alpha value is -1.42. The van der Waals surface area contributed by atoms with Gasteiger partial charge in [0.2, 0.25) is 5.09 Å². The van der Waals surface area contributed by atoms with Gasteiger partial charge in [-0.3, -0.25) is 0 Å². The molecule has 1 aromatic rings. The highest BCUT2D eigenvalue weighted by molar-refractivity contribution is 7.89. The van der Waals surface area contributed by atoms with Gasteiger partial charge in [-0.05, 0) is 0 Å². The topological polar surface area (TPSA) is 107 Å². The lowest BCUT2D eigenvalue weighted by molar-refractivity contribution is 0.0600. The number of nitrogens with one attached hydrogen (secondary N) is 2. The van der Waals surface area contributed by atoms with Gasteiger partial charge in [0.25, 0.3) is 10.0 Å². The van der Waals surface area contributed by atoms with Crippen LogP contribution in [0.5, 0.6) is 0 Å². The molecule has 0 aromatic carbocycles. The molecular formula is C11H18N2O6S. The molecule has 9 heteroatoms. The van der Waals surface area contributed by atoms with Crippen LogP contribution < -0.4 is 10.0 Å². The summed E-state index contributed by atoms with van der Waals surface area (Å²) < 4.78 is 40.2. The third-order valence-corrected chi connectivity index (χ3v) is 3.67. The van der Waals surface area contributed by atoms with E-state index >= 15 is 0 Å². The molecule has 0 fully saturated rings. The van der Waals surface area contributed by atoms with Gasteiger partial charge in [0.15, 0.2) is 0 Å². The molecule has 1 rings (SSSR count). The fourth-order valence-corrected chi connectivity index (χ4v) is 2.30. The molecule has 1 aromatic heterocycles. The van der Waals surface area contributed by atoms with E-state index in [1.165, 1.54) is 7.11 Å². The lowest BCUT2D eigenvalue weighted by Gasteiger charge is -2.05. The maximum absolute atomic E-state index is 11.8. The predicted octanol–water partition coefficient (Wildman–Crippen LogP) is -0.419. The third kappa shape index (κ3) is 4.93. The molecule has 0 unspecified atom stereocenters. The normalized spacial score (nSPS) is 11.5. The summed E-state index contributed by atoms with van der Waals surface area (Å²) in [5.74, 6) is -0.656. The van der Waals surface area contributed by atoms with Crippen LogP contribution in [-0.2, 0) is 19.5 Å². The van der Waals surface area contributed by atoms with Gasteiger partial charge in [-0.2, -0.15) is 0 Å². The number of furan rings is 1. The fraction of sp³-hybridized carbons (Fsp3) is 0.545. The standard InChI is InChI=1S/C11H18N2O6S/c1-17-6-5-12-3-4-13-20(15,16)10-7-9(8-19-10)11(14)18-2/h7-8,12-13H,3-6H2,1-2H3. The van der Waals surface area contributed by atoms with E-state index in [0.717, 1.165) is 12.3 Å². The van der Waals surface area contributed by atoms with Crippen LogP contribution in [0, 0.1) is 0 Å². The minimum absolute atomic E-state index is 0.0473. The Morgan fingerprint density at radius 2 is 2.05 bits per heavy atom. The van der Waals surface area contributed by atoms with Crippen LogP contribution in [0.25, 0.3) is 0 Å². The molecule has 20 heavy (non-hydrogen) atoms. The van der Waals surface area contributed by atoms with Crippen LogP contribution >= 0.6 is 0 Å². The Labute approximate surface area is 117 Å². The molecule has 0 aliphatic carbocycles. The lowest BCUT2D eigenvalue weighted by atomic mass is 10.3. The number of esters is 1. The first-order chi connectivity index (χ1) is 9.51. The SMILES string of the molecule is COCCNCCNS(=O)(=O)c1cc(C(=O)OC)co1. The number of carbonyl (C=O) groups excluding carboxylic acids is 1. The molecule has 0 amide bonds. The molecule has 0 saturated heterocycles. The van der Waals surface area contributed by atoms with Gasteiger partial charge in [-0.1, -0.05) is 0 Å². The second-order valence-electron chi connectivity index (χ2n) is 3.79. The van der Waals surface area contributed by atoms with Crippen molar-refractivity contribution in [1.29, 1.82) is 0 Å². The summed E-state index contributed by atoms with van der Waals surface area (Å²) in [5, 5.41) is 2.66. The van der Waals surface area contributed by atoms with E-state index in [2.05, 4.69) is 14.8 Å². The highest BCUT2D eigenvalue weighted by Crippen LogP contribution is 2.14. The first kappa shape index (κ1) is 16.6. The van der Waals surface area contributed by atoms with Crippen LogP contribution in [0.4, 0.5) is 0 Å². The number of carbonyl (C=O) groups is 1. The van der Waals surface area contributed by atoms with Crippen molar-refractivity contribution in [2.45, 2.75) is 5.09 Å². The van der Waals surface area contributed by atoms with E-state index in [1.54, 1.807) is 7.11 Å². The summed E-state index contributed by atoms with van der Waals surface area (Å²) in [6.07, 6.45) is 1.04. The number of hydrogen-bond acceptors (Lipinski definition) is 7. The second-order valence-corrected chi connectivity index (χ2v) is 5.48. The lowest BCUT2D eigenvalue weighted by Crippen LogP contribution is -2.32. The minimum Gasteiger partial charge on any atom is -0.465 e. The number of ether oxygens (including phenoxy) is 2. The molecule has 0 saturated carbocycles. The summed E-state index contributed by atoms with van der Waals surface area (Å²) in [4.78, 5) is 11.2. The van der Waals surface area contributed by atoms with E-state index in [1.807, 2.05) is 0 Å².